The van der Waals surface area contributed by atoms with Crippen molar-refractivity contribution in [3.63, 3.8) is 0 Å². The van der Waals surface area contributed by atoms with Crippen LogP contribution in [0.25, 0.3) is 21.6 Å². The third kappa shape index (κ3) is 4.18. The second kappa shape index (κ2) is 8.19. The summed E-state index contributed by atoms with van der Waals surface area (Å²) in [6, 6.07) is 12.6. The molecule has 9 heteroatoms. The van der Waals surface area contributed by atoms with Crippen LogP contribution in [0.3, 0.4) is 0 Å². The molecule has 1 aromatic carbocycles. The standard InChI is InChI=1S/C20H21N4O3S2/c1-3-29(25,26)23(2)14-16-13-17-18(28-16)20(24-9-11-27-12-10-24)22-19(21-17)15-7-5-4-6-8-15/h3-5,7-8,13H,1,9-12,14H2,2H3. The highest BCUT2D eigenvalue weighted by molar-refractivity contribution is 7.91. The number of aromatic nitrogens is 2. The van der Waals surface area contributed by atoms with Gasteiger partial charge in [-0.1, -0.05) is 24.8 Å². The summed E-state index contributed by atoms with van der Waals surface area (Å²) in [7, 11) is -1.94. The fraction of sp³-hybridized carbons (Fsp3) is 0.300. The predicted molar refractivity (Wildman–Crippen MR) is 115 cm³/mol. The molecule has 0 N–H and O–H groups in total. The van der Waals surface area contributed by atoms with Crippen LogP contribution >= 0.6 is 11.3 Å². The quantitative estimate of drug-likeness (QED) is 0.600. The zero-order valence-electron chi connectivity index (χ0n) is 16.0. The first-order valence-electron chi connectivity index (χ1n) is 9.16. The van der Waals surface area contributed by atoms with E-state index in [4.69, 9.17) is 14.7 Å². The van der Waals surface area contributed by atoms with Gasteiger partial charge >= 0.3 is 0 Å². The average molecular weight is 430 g/mol. The van der Waals surface area contributed by atoms with Crippen LogP contribution in [-0.4, -0.2) is 56.0 Å². The van der Waals surface area contributed by atoms with Crippen LogP contribution in [0.2, 0.25) is 0 Å². The molecule has 4 rings (SSSR count). The molecule has 0 bridgehead atoms. The molecular formula is C20H21N4O3S2. The van der Waals surface area contributed by atoms with Gasteiger partial charge in [-0.05, 0) is 18.2 Å². The number of hydrogen-bond acceptors (Lipinski definition) is 7. The Bertz CT molecular complexity index is 1120. The molecule has 0 aliphatic carbocycles. The highest BCUT2D eigenvalue weighted by Crippen LogP contribution is 2.35. The molecule has 1 aliphatic heterocycles. The summed E-state index contributed by atoms with van der Waals surface area (Å²) in [4.78, 5) is 12.7. The van der Waals surface area contributed by atoms with Crippen LogP contribution in [-0.2, 0) is 21.3 Å². The van der Waals surface area contributed by atoms with E-state index in [0.717, 1.165) is 45.0 Å². The van der Waals surface area contributed by atoms with Crippen molar-refractivity contribution < 1.29 is 13.2 Å². The van der Waals surface area contributed by atoms with Gasteiger partial charge in [0.05, 0.1) is 23.4 Å². The summed E-state index contributed by atoms with van der Waals surface area (Å²) in [5.41, 5.74) is 1.70. The monoisotopic (exact) mass is 429 g/mol. The molecule has 151 valence electrons. The van der Waals surface area contributed by atoms with E-state index >= 15 is 0 Å². The van der Waals surface area contributed by atoms with Crippen LogP contribution in [0.5, 0.6) is 0 Å². The smallest absolute Gasteiger partial charge is 0.235 e. The van der Waals surface area contributed by atoms with Crippen molar-refractivity contribution in [2.45, 2.75) is 6.54 Å². The van der Waals surface area contributed by atoms with Crippen LogP contribution in [0.4, 0.5) is 5.82 Å². The molecule has 0 unspecified atom stereocenters. The second-order valence-corrected chi connectivity index (χ2v) is 9.78. The molecule has 7 nitrogen and oxygen atoms in total. The number of sulfonamides is 1. The molecule has 29 heavy (non-hydrogen) atoms. The van der Waals surface area contributed by atoms with Crippen molar-refractivity contribution >= 4 is 37.4 Å². The van der Waals surface area contributed by atoms with Crippen molar-refractivity contribution in [2.24, 2.45) is 0 Å². The molecule has 0 saturated carbocycles. The Kier molecular flexibility index (Phi) is 5.64. The lowest BCUT2D eigenvalue weighted by Crippen LogP contribution is -2.36. The minimum atomic E-state index is -3.48. The first kappa shape index (κ1) is 20.0. The molecule has 3 heterocycles. The van der Waals surface area contributed by atoms with E-state index in [1.165, 1.54) is 15.6 Å². The van der Waals surface area contributed by atoms with Crippen LogP contribution in [0.15, 0.2) is 42.3 Å². The van der Waals surface area contributed by atoms with E-state index in [2.05, 4.69) is 17.5 Å². The van der Waals surface area contributed by atoms with Gasteiger partial charge in [-0.15, -0.1) is 11.3 Å². The van der Waals surface area contributed by atoms with Crippen molar-refractivity contribution in [2.75, 3.05) is 38.3 Å². The zero-order chi connectivity index (χ0) is 20.4. The van der Waals surface area contributed by atoms with Gasteiger partial charge < -0.3 is 9.64 Å². The van der Waals surface area contributed by atoms with Crippen LogP contribution in [0, 0.1) is 6.07 Å². The predicted octanol–water partition coefficient (Wildman–Crippen LogP) is 2.90. The number of anilines is 1. The Morgan fingerprint density at radius 1 is 1.38 bits per heavy atom. The molecule has 1 aliphatic rings. The van der Waals surface area contributed by atoms with Gasteiger partial charge in [0.25, 0.3) is 0 Å². The van der Waals surface area contributed by atoms with Gasteiger partial charge in [0.1, 0.15) is 0 Å². The SMILES string of the molecule is C=CS(=O)(=O)N(C)Cc1cc2nc(-c3c[c]ccc3)nc(N3CCOCC3)c2s1. The largest absolute Gasteiger partial charge is 0.378 e. The van der Waals surface area contributed by atoms with Crippen molar-refractivity contribution in [3.8, 4) is 11.4 Å². The molecule has 0 amide bonds. The van der Waals surface area contributed by atoms with Crippen molar-refractivity contribution in [1.29, 1.82) is 0 Å². The maximum absolute atomic E-state index is 12.0. The van der Waals surface area contributed by atoms with Gasteiger partial charge in [-0.3, -0.25) is 0 Å². The van der Waals surface area contributed by atoms with Gasteiger partial charge in [-0.2, -0.15) is 4.31 Å². The lowest BCUT2D eigenvalue weighted by Gasteiger charge is -2.28. The van der Waals surface area contributed by atoms with Crippen molar-refractivity contribution in [1.82, 2.24) is 14.3 Å². The molecular weight excluding hydrogens is 408 g/mol. The van der Waals surface area contributed by atoms with E-state index in [0.29, 0.717) is 19.0 Å². The first-order chi connectivity index (χ1) is 14.0. The van der Waals surface area contributed by atoms with E-state index in [1.54, 1.807) is 7.05 Å². The van der Waals surface area contributed by atoms with Crippen molar-refractivity contribution in [3.05, 3.63) is 53.3 Å². The summed E-state index contributed by atoms with van der Waals surface area (Å²) < 4.78 is 31.8. The fourth-order valence-corrected chi connectivity index (χ4v) is 4.95. The lowest BCUT2D eigenvalue weighted by molar-refractivity contribution is 0.122. The number of thiophene rings is 1. The summed E-state index contributed by atoms with van der Waals surface area (Å²) >= 11 is 1.52. The first-order valence-corrected chi connectivity index (χ1v) is 11.5. The van der Waals surface area contributed by atoms with E-state index in [9.17, 15) is 8.42 Å². The zero-order valence-corrected chi connectivity index (χ0v) is 17.7. The molecule has 1 saturated heterocycles. The Balaban J connectivity index is 1.79. The molecule has 0 atom stereocenters. The highest BCUT2D eigenvalue weighted by atomic mass is 32.2. The summed E-state index contributed by atoms with van der Waals surface area (Å²) in [6.07, 6.45) is 0. The lowest BCUT2D eigenvalue weighted by atomic mass is 10.2. The topological polar surface area (TPSA) is 75.6 Å². The summed E-state index contributed by atoms with van der Waals surface area (Å²) in [5.74, 6) is 1.50. The van der Waals surface area contributed by atoms with Gasteiger partial charge in [0.2, 0.25) is 10.0 Å². The molecule has 1 radical (unpaired) electrons. The number of nitrogens with zero attached hydrogens (tertiary/aromatic N) is 4. The van der Waals surface area contributed by atoms with Gasteiger partial charge in [0, 0.05) is 42.5 Å². The number of morpholine rings is 1. The van der Waals surface area contributed by atoms with E-state index in [1.807, 2.05) is 30.3 Å². The van der Waals surface area contributed by atoms with E-state index < -0.39 is 10.0 Å². The minimum absolute atomic E-state index is 0.256. The third-order valence-electron chi connectivity index (χ3n) is 4.70. The molecule has 2 aromatic heterocycles. The molecule has 1 fully saturated rings. The number of benzene rings is 1. The maximum atomic E-state index is 12.0. The maximum Gasteiger partial charge on any atom is 0.235 e. The average Bonchev–Trinajstić information content (AvgIpc) is 3.16. The Morgan fingerprint density at radius 2 is 2.17 bits per heavy atom. The van der Waals surface area contributed by atoms with Gasteiger partial charge in [-0.25, -0.2) is 18.4 Å². The number of hydrogen-bond donors (Lipinski definition) is 0. The summed E-state index contributed by atoms with van der Waals surface area (Å²) in [6.45, 7) is 6.46. The molecule has 0 spiro atoms. The second-order valence-electron chi connectivity index (χ2n) is 6.66. The van der Waals surface area contributed by atoms with Crippen LogP contribution in [0.1, 0.15) is 4.88 Å². The van der Waals surface area contributed by atoms with Gasteiger partial charge in [0.15, 0.2) is 11.6 Å². The number of fused-ring (bicyclic) bond motifs is 1. The van der Waals surface area contributed by atoms with Crippen LogP contribution < -0.4 is 4.90 Å². The fourth-order valence-electron chi connectivity index (χ4n) is 3.13. The summed E-state index contributed by atoms with van der Waals surface area (Å²) in [5, 5.41) is 0.962. The third-order valence-corrected chi connectivity index (χ3v) is 7.23. The van der Waals surface area contributed by atoms with E-state index in [-0.39, 0.29) is 6.54 Å². The normalized spacial score (nSPS) is 15.2. The number of rotatable bonds is 6. The Labute approximate surface area is 174 Å². The highest BCUT2D eigenvalue weighted by Gasteiger charge is 2.21. The minimum Gasteiger partial charge on any atom is -0.378 e. The Hall–Kier alpha value is -2.33. The molecule has 3 aromatic rings. The Morgan fingerprint density at radius 3 is 2.86 bits per heavy atom. The number of ether oxygens (including phenoxy) is 1.